The average molecular weight is 403 g/mol. The van der Waals surface area contributed by atoms with Crippen molar-refractivity contribution in [3.05, 3.63) is 88.4 Å². The highest BCUT2D eigenvalue weighted by molar-refractivity contribution is 6.22. The van der Waals surface area contributed by atoms with Crippen molar-refractivity contribution in [3.8, 4) is 0 Å². The number of anilines is 1. The molecule has 30 heavy (non-hydrogen) atoms. The van der Waals surface area contributed by atoms with Crippen LogP contribution in [0.4, 0.5) is 5.69 Å². The average Bonchev–Trinajstić information content (AvgIpc) is 3.32. The zero-order chi connectivity index (χ0) is 21.4. The molecule has 0 radical (unpaired) electrons. The van der Waals surface area contributed by atoms with Crippen LogP contribution in [0.1, 0.15) is 52.8 Å². The van der Waals surface area contributed by atoms with Gasteiger partial charge < -0.3 is 19.6 Å². The molecule has 1 aliphatic heterocycles. The van der Waals surface area contributed by atoms with Crippen LogP contribution in [0.3, 0.4) is 0 Å². The number of nitrogens with zero attached hydrogens (tertiary/aromatic N) is 1. The van der Waals surface area contributed by atoms with Crippen molar-refractivity contribution in [3.63, 3.8) is 0 Å². The molecule has 0 bridgehead atoms. The Morgan fingerprint density at radius 1 is 1.03 bits per heavy atom. The first-order chi connectivity index (χ1) is 14.4. The van der Waals surface area contributed by atoms with Crippen LogP contribution in [-0.4, -0.2) is 28.6 Å². The maximum absolute atomic E-state index is 12.7. The van der Waals surface area contributed by atoms with Crippen molar-refractivity contribution < 1.29 is 28.7 Å². The summed E-state index contributed by atoms with van der Waals surface area (Å²) in [6, 6.07) is 12.0. The van der Waals surface area contributed by atoms with Gasteiger partial charge >= 0.3 is 0 Å². The van der Waals surface area contributed by atoms with Gasteiger partial charge in [-0.2, -0.15) is 0 Å². The molecule has 8 heteroatoms. The van der Waals surface area contributed by atoms with E-state index in [1.165, 1.54) is 36.6 Å². The molecule has 0 saturated heterocycles. The Morgan fingerprint density at radius 2 is 1.80 bits per heavy atom. The summed E-state index contributed by atoms with van der Waals surface area (Å²) in [6.07, 6.45) is 1.45. The number of imide groups is 1. The standard InChI is InChI=1S/C22H16N2O6/c1-12-15(22(28)29)5-2-6-18(12)23-19(25)13-7-8-16-17(10-13)21(27)24(20(16)26)11-14-4-3-9-30-14/h2-10H,11H2,1H3,(H,23,25)(H,28,29)/p-1. The van der Waals surface area contributed by atoms with Gasteiger partial charge in [0.1, 0.15) is 5.76 Å². The Bertz CT molecular complexity index is 1200. The molecule has 0 aliphatic carbocycles. The van der Waals surface area contributed by atoms with Crippen LogP contribution in [0.5, 0.6) is 0 Å². The third-order valence-corrected chi connectivity index (χ3v) is 4.93. The molecular weight excluding hydrogens is 388 g/mol. The van der Waals surface area contributed by atoms with Crippen LogP contribution < -0.4 is 10.4 Å². The summed E-state index contributed by atoms with van der Waals surface area (Å²) in [5, 5.41) is 13.8. The first-order valence-electron chi connectivity index (χ1n) is 9.01. The topological polar surface area (TPSA) is 120 Å². The highest BCUT2D eigenvalue weighted by atomic mass is 16.4. The van der Waals surface area contributed by atoms with E-state index in [2.05, 4.69) is 5.32 Å². The highest BCUT2D eigenvalue weighted by Crippen LogP contribution is 2.26. The maximum Gasteiger partial charge on any atom is 0.261 e. The summed E-state index contributed by atoms with van der Waals surface area (Å²) >= 11 is 0. The van der Waals surface area contributed by atoms with Crippen molar-refractivity contribution in [1.82, 2.24) is 4.90 Å². The number of carboxylic acid groups (broad SMARTS) is 1. The Kier molecular flexibility index (Phi) is 4.67. The summed E-state index contributed by atoms with van der Waals surface area (Å²) in [7, 11) is 0. The molecule has 1 N–H and O–H groups in total. The van der Waals surface area contributed by atoms with Crippen molar-refractivity contribution in [2.45, 2.75) is 13.5 Å². The zero-order valence-electron chi connectivity index (χ0n) is 15.8. The SMILES string of the molecule is Cc1c(NC(=O)c2ccc3c(c2)C(=O)N(Cc2ccco2)C3=O)cccc1C(=O)[O-]. The van der Waals surface area contributed by atoms with E-state index in [1.54, 1.807) is 25.1 Å². The summed E-state index contributed by atoms with van der Waals surface area (Å²) < 4.78 is 5.20. The largest absolute Gasteiger partial charge is 0.545 e. The van der Waals surface area contributed by atoms with Crippen molar-refractivity contribution >= 4 is 29.4 Å². The third-order valence-electron chi connectivity index (χ3n) is 4.93. The van der Waals surface area contributed by atoms with E-state index >= 15 is 0 Å². The lowest BCUT2D eigenvalue weighted by Gasteiger charge is -2.13. The first-order valence-corrected chi connectivity index (χ1v) is 9.01. The Labute approximate surface area is 170 Å². The molecule has 1 aromatic heterocycles. The van der Waals surface area contributed by atoms with E-state index in [0.29, 0.717) is 17.0 Å². The van der Waals surface area contributed by atoms with Crippen LogP contribution >= 0.6 is 0 Å². The summed E-state index contributed by atoms with van der Waals surface area (Å²) in [6.45, 7) is 1.55. The van der Waals surface area contributed by atoms with Crippen molar-refractivity contribution in [2.75, 3.05) is 5.32 Å². The minimum atomic E-state index is -1.35. The van der Waals surface area contributed by atoms with E-state index in [0.717, 1.165) is 4.90 Å². The van der Waals surface area contributed by atoms with Crippen LogP contribution in [0.15, 0.2) is 59.2 Å². The monoisotopic (exact) mass is 403 g/mol. The number of hydrogen-bond donors (Lipinski definition) is 1. The molecule has 3 amide bonds. The number of benzene rings is 2. The molecule has 0 spiro atoms. The number of furan rings is 1. The van der Waals surface area contributed by atoms with Gasteiger partial charge in [-0.1, -0.05) is 12.1 Å². The van der Waals surface area contributed by atoms with Gasteiger partial charge in [0.2, 0.25) is 0 Å². The molecule has 0 fully saturated rings. The molecule has 150 valence electrons. The van der Waals surface area contributed by atoms with Crippen molar-refractivity contribution in [1.29, 1.82) is 0 Å². The second-order valence-corrected chi connectivity index (χ2v) is 6.76. The number of amides is 3. The van der Waals surface area contributed by atoms with Gasteiger partial charge in [-0.25, -0.2) is 0 Å². The smallest absolute Gasteiger partial charge is 0.261 e. The predicted molar refractivity (Wildman–Crippen MR) is 103 cm³/mol. The van der Waals surface area contributed by atoms with Gasteiger partial charge in [-0.3, -0.25) is 19.3 Å². The summed E-state index contributed by atoms with van der Waals surface area (Å²) in [4.78, 5) is 50.1. The number of aromatic carboxylic acids is 1. The molecule has 3 aromatic rings. The number of hydrogen-bond acceptors (Lipinski definition) is 6. The molecule has 8 nitrogen and oxygen atoms in total. The number of fused-ring (bicyclic) bond motifs is 1. The Morgan fingerprint density at radius 3 is 2.50 bits per heavy atom. The number of nitrogens with one attached hydrogen (secondary N) is 1. The zero-order valence-corrected chi connectivity index (χ0v) is 15.8. The summed E-state index contributed by atoms with van der Waals surface area (Å²) in [5.74, 6) is -2.40. The fourth-order valence-corrected chi connectivity index (χ4v) is 3.32. The second-order valence-electron chi connectivity index (χ2n) is 6.76. The second kappa shape index (κ2) is 7.32. The van der Waals surface area contributed by atoms with Gasteiger partial charge in [0.25, 0.3) is 17.7 Å². The molecule has 2 heterocycles. The van der Waals surface area contributed by atoms with Gasteiger partial charge in [0.15, 0.2) is 0 Å². The molecule has 1 aliphatic rings. The third kappa shape index (κ3) is 3.24. The van der Waals surface area contributed by atoms with Crippen molar-refractivity contribution in [2.24, 2.45) is 0 Å². The van der Waals surface area contributed by atoms with Gasteiger partial charge in [0, 0.05) is 16.8 Å². The van der Waals surface area contributed by atoms with Crippen LogP contribution in [0, 0.1) is 6.92 Å². The number of rotatable bonds is 5. The summed E-state index contributed by atoms with van der Waals surface area (Å²) in [5.41, 5.74) is 1.12. The fourth-order valence-electron chi connectivity index (χ4n) is 3.32. The maximum atomic E-state index is 12.7. The molecular formula is C22H15N2O6-. The van der Waals surface area contributed by atoms with E-state index < -0.39 is 23.7 Å². The molecule has 0 saturated carbocycles. The highest BCUT2D eigenvalue weighted by Gasteiger charge is 2.36. The van der Waals surface area contributed by atoms with Gasteiger partial charge in [0.05, 0.1) is 29.9 Å². The normalized spacial score (nSPS) is 12.8. The van der Waals surface area contributed by atoms with Gasteiger partial charge in [-0.05, 0) is 48.9 Å². The number of carbonyl (C=O) groups excluding carboxylic acids is 4. The van der Waals surface area contributed by atoms with E-state index in [9.17, 15) is 24.3 Å². The van der Waals surface area contributed by atoms with Crippen LogP contribution in [0.2, 0.25) is 0 Å². The molecule has 4 rings (SSSR count). The lowest BCUT2D eigenvalue weighted by atomic mass is 10.0. The molecule has 0 atom stereocenters. The Hall–Kier alpha value is -4.20. The lowest BCUT2D eigenvalue weighted by molar-refractivity contribution is -0.255. The van der Waals surface area contributed by atoms with E-state index in [-0.39, 0.29) is 28.8 Å². The first kappa shape index (κ1) is 19.1. The van der Waals surface area contributed by atoms with Crippen LogP contribution in [0.25, 0.3) is 0 Å². The molecule has 0 unspecified atom stereocenters. The minimum Gasteiger partial charge on any atom is -0.545 e. The number of carboxylic acids is 1. The fraction of sp³-hybridized carbons (Fsp3) is 0.0909. The Balaban J connectivity index is 1.59. The quantitative estimate of drug-likeness (QED) is 0.651. The van der Waals surface area contributed by atoms with Crippen LogP contribution in [-0.2, 0) is 6.54 Å². The minimum absolute atomic E-state index is 0.00388. The lowest BCUT2D eigenvalue weighted by Crippen LogP contribution is -2.28. The van der Waals surface area contributed by atoms with Gasteiger partial charge in [-0.15, -0.1) is 0 Å². The predicted octanol–water partition coefficient (Wildman–Crippen LogP) is 2.00. The van der Waals surface area contributed by atoms with E-state index in [4.69, 9.17) is 4.42 Å². The van der Waals surface area contributed by atoms with E-state index in [1.807, 2.05) is 0 Å². The number of carbonyl (C=O) groups is 4. The molecule has 2 aromatic carbocycles.